The van der Waals surface area contributed by atoms with Crippen molar-refractivity contribution in [3.63, 3.8) is 0 Å². The van der Waals surface area contributed by atoms with E-state index in [-0.39, 0.29) is 22.9 Å². The van der Waals surface area contributed by atoms with E-state index in [2.05, 4.69) is 0 Å². The van der Waals surface area contributed by atoms with Crippen LogP contribution in [0.4, 0.5) is 5.69 Å². The van der Waals surface area contributed by atoms with Crippen molar-refractivity contribution < 1.29 is 13.5 Å². The second kappa shape index (κ2) is 5.93. The number of hydrogen-bond acceptors (Lipinski definition) is 4. The zero-order chi connectivity index (χ0) is 15.6. The summed E-state index contributed by atoms with van der Waals surface area (Å²) in [6.45, 7) is 0.138. The van der Waals surface area contributed by atoms with Gasteiger partial charge in [0.1, 0.15) is 5.75 Å². The molecule has 3 N–H and O–H groups in total. The van der Waals surface area contributed by atoms with Gasteiger partial charge in [0.15, 0.2) is 0 Å². The zero-order valence-electron chi connectivity index (χ0n) is 11.3. The number of benzene rings is 2. The lowest BCUT2D eigenvalue weighted by Gasteiger charge is -2.18. The van der Waals surface area contributed by atoms with Crippen LogP contribution in [0.3, 0.4) is 0 Å². The molecule has 0 radical (unpaired) electrons. The molecule has 112 valence electrons. The van der Waals surface area contributed by atoms with Crippen molar-refractivity contribution in [2.45, 2.75) is 11.4 Å². The predicted molar refractivity (Wildman–Crippen MR) is 82.6 cm³/mol. The van der Waals surface area contributed by atoms with Gasteiger partial charge in [0.25, 0.3) is 0 Å². The lowest BCUT2D eigenvalue weighted by Crippen LogP contribution is -2.26. The first-order valence-corrected chi connectivity index (χ1v) is 7.92. The number of hydrogen-bond donors (Lipinski definition) is 2. The fraction of sp³-hybridized carbons (Fsp3) is 0.143. The third-order valence-electron chi connectivity index (χ3n) is 2.99. The summed E-state index contributed by atoms with van der Waals surface area (Å²) in [7, 11) is -2.21. The highest BCUT2D eigenvalue weighted by molar-refractivity contribution is 7.89. The first-order chi connectivity index (χ1) is 9.80. The molecule has 0 aliphatic heterocycles. The fourth-order valence-corrected chi connectivity index (χ4v) is 3.17. The summed E-state index contributed by atoms with van der Waals surface area (Å²) in [5.41, 5.74) is 6.54. The van der Waals surface area contributed by atoms with E-state index in [1.807, 2.05) is 0 Å². The number of rotatable bonds is 4. The summed E-state index contributed by atoms with van der Waals surface area (Å²) in [5, 5.41) is 9.72. The van der Waals surface area contributed by atoms with Crippen molar-refractivity contribution in [3.8, 4) is 5.75 Å². The third kappa shape index (κ3) is 3.47. The summed E-state index contributed by atoms with van der Waals surface area (Å²) >= 11 is 5.80. The highest BCUT2D eigenvalue weighted by Crippen LogP contribution is 2.25. The lowest BCUT2D eigenvalue weighted by molar-refractivity contribution is 0.458. The standard InChI is InChI=1S/C14H15ClN2O3S/c1-17(9-10-3-2-4-11(18)7-10)21(19,20)12-5-6-13(15)14(16)8-12/h2-8,18H,9,16H2,1H3. The van der Waals surface area contributed by atoms with Gasteiger partial charge in [0.2, 0.25) is 10.0 Å². The molecule has 0 aliphatic carbocycles. The lowest BCUT2D eigenvalue weighted by atomic mass is 10.2. The molecule has 0 aromatic heterocycles. The molecule has 5 nitrogen and oxygen atoms in total. The largest absolute Gasteiger partial charge is 0.508 e. The molecule has 2 aromatic rings. The van der Waals surface area contributed by atoms with E-state index < -0.39 is 10.0 Å². The molecule has 0 heterocycles. The quantitative estimate of drug-likeness (QED) is 0.845. The maximum Gasteiger partial charge on any atom is 0.243 e. The Balaban J connectivity index is 2.28. The Hall–Kier alpha value is -1.76. The van der Waals surface area contributed by atoms with Gasteiger partial charge < -0.3 is 10.8 Å². The Morgan fingerprint density at radius 3 is 2.57 bits per heavy atom. The molecule has 0 bridgehead atoms. The van der Waals surface area contributed by atoms with Gasteiger partial charge in [-0.2, -0.15) is 4.31 Å². The summed E-state index contributed by atoms with van der Waals surface area (Å²) < 4.78 is 26.1. The van der Waals surface area contributed by atoms with Crippen LogP contribution in [0.2, 0.25) is 5.02 Å². The molecule has 0 aliphatic rings. The van der Waals surface area contributed by atoms with Crippen molar-refractivity contribution in [3.05, 3.63) is 53.1 Å². The van der Waals surface area contributed by atoms with Gasteiger partial charge in [-0.25, -0.2) is 8.42 Å². The minimum atomic E-state index is -3.68. The Bertz CT molecular complexity index is 763. The Morgan fingerprint density at radius 2 is 1.95 bits per heavy atom. The first kappa shape index (κ1) is 15.6. The Labute approximate surface area is 128 Å². The molecule has 2 aromatic carbocycles. The molecule has 0 saturated heterocycles. The van der Waals surface area contributed by atoms with Gasteiger partial charge in [0.05, 0.1) is 15.6 Å². The van der Waals surface area contributed by atoms with Crippen molar-refractivity contribution >= 4 is 27.3 Å². The predicted octanol–water partition coefficient (Wildman–Crippen LogP) is 2.45. The third-order valence-corrected chi connectivity index (χ3v) is 5.14. The van der Waals surface area contributed by atoms with E-state index in [1.165, 1.54) is 41.7 Å². The average molecular weight is 327 g/mol. The zero-order valence-corrected chi connectivity index (χ0v) is 12.9. The number of nitrogen functional groups attached to an aromatic ring is 1. The van der Waals surface area contributed by atoms with Crippen LogP contribution in [-0.2, 0) is 16.6 Å². The van der Waals surface area contributed by atoms with Crippen molar-refractivity contribution in [2.24, 2.45) is 0 Å². The van der Waals surface area contributed by atoms with E-state index in [9.17, 15) is 13.5 Å². The van der Waals surface area contributed by atoms with Crippen LogP contribution in [0.25, 0.3) is 0 Å². The average Bonchev–Trinajstić information content (AvgIpc) is 2.41. The number of nitrogens with zero attached hydrogens (tertiary/aromatic N) is 1. The molecule has 0 unspecified atom stereocenters. The van der Waals surface area contributed by atoms with Crippen LogP contribution in [-0.4, -0.2) is 24.9 Å². The van der Waals surface area contributed by atoms with Gasteiger partial charge in [-0.1, -0.05) is 23.7 Å². The summed E-state index contributed by atoms with van der Waals surface area (Å²) in [6.07, 6.45) is 0. The Kier molecular flexibility index (Phi) is 4.41. The van der Waals surface area contributed by atoms with Crippen molar-refractivity contribution in [1.82, 2.24) is 4.31 Å². The molecular formula is C14H15ClN2O3S. The second-order valence-electron chi connectivity index (χ2n) is 4.61. The number of aromatic hydroxyl groups is 1. The Morgan fingerprint density at radius 1 is 1.24 bits per heavy atom. The van der Waals surface area contributed by atoms with Crippen LogP contribution in [0.15, 0.2) is 47.4 Å². The normalized spacial score (nSPS) is 11.8. The highest BCUT2D eigenvalue weighted by Gasteiger charge is 2.21. The minimum absolute atomic E-state index is 0.0760. The second-order valence-corrected chi connectivity index (χ2v) is 7.07. The topological polar surface area (TPSA) is 83.6 Å². The number of phenolic OH excluding ortho intramolecular Hbond substituents is 1. The van der Waals surface area contributed by atoms with Crippen molar-refractivity contribution in [1.29, 1.82) is 0 Å². The molecule has 7 heteroatoms. The molecule has 0 amide bonds. The molecule has 0 spiro atoms. The van der Waals surface area contributed by atoms with Gasteiger partial charge in [0, 0.05) is 13.6 Å². The van der Waals surface area contributed by atoms with Gasteiger partial charge in [-0.05, 0) is 35.9 Å². The number of sulfonamides is 1. The minimum Gasteiger partial charge on any atom is -0.508 e. The first-order valence-electron chi connectivity index (χ1n) is 6.10. The number of nitrogens with two attached hydrogens (primary N) is 1. The smallest absolute Gasteiger partial charge is 0.243 e. The maximum atomic E-state index is 12.4. The van der Waals surface area contributed by atoms with E-state index in [0.29, 0.717) is 10.6 Å². The monoisotopic (exact) mass is 326 g/mol. The fourth-order valence-electron chi connectivity index (χ4n) is 1.86. The van der Waals surface area contributed by atoms with Gasteiger partial charge >= 0.3 is 0 Å². The van der Waals surface area contributed by atoms with E-state index in [4.69, 9.17) is 17.3 Å². The van der Waals surface area contributed by atoms with Gasteiger partial charge in [-0.3, -0.25) is 0 Å². The summed E-state index contributed by atoms with van der Waals surface area (Å²) in [5.74, 6) is 0.0917. The molecule has 2 rings (SSSR count). The van der Waals surface area contributed by atoms with Gasteiger partial charge in [-0.15, -0.1) is 0 Å². The van der Waals surface area contributed by atoms with Crippen LogP contribution in [0, 0.1) is 0 Å². The number of anilines is 1. The van der Waals surface area contributed by atoms with E-state index in [1.54, 1.807) is 12.1 Å². The van der Waals surface area contributed by atoms with Crippen LogP contribution in [0.5, 0.6) is 5.75 Å². The van der Waals surface area contributed by atoms with E-state index in [0.717, 1.165) is 0 Å². The SMILES string of the molecule is CN(Cc1cccc(O)c1)S(=O)(=O)c1ccc(Cl)c(N)c1. The van der Waals surface area contributed by atoms with Crippen molar-refractivity contribution in [2.75, 3.05) is 12.8 Å². The molecule has 0 fully saturated rings. The highest BCUT2D eigenvalue weighted by atomic mass is 35.5. The number of halogens is 1. The van der Waals surface area contributed by atoms with Crippen LogP contribution >= 0.6 is 11.6 Å². The summed E-state index contributed by atoms with van der Waals surface area (Å²) in [6, 6.07) is 10.6. The number of phenols is 1. The van der Waals surface area contributed by atoms with E-state index >= 15 is 0 Å². The maximum absolute atomic E-state index is 12.4. The van der Waals surface area contributed by atoms with Crippen LogP contribution < -0.4 is 5.73 Å². The van der Waals surface area contributed by atoms with Crippen LogP contribution in [0.1, 0.15) is 5.56 Å². The molecular weight excluding hydrogens is 312 g/mol. The summed E-state index contributed by atoms with van der Waals surface area (Å²) in [4.78, 5) is 0.0760. The molecule has 0 saturated carbocycles. The molecule has 0 atom stereocenters. The molecule has 21 heavy (non-hydrogen) atoms.